The molecule has 0 fully saturated rings. The first-order valence-corrected chi connectivity index (χ1v) is 8.15. The fraction of sp³-hybridized carbons (Fsp3) is 0.143. The lowest BCUT2D eigenvalue weighted by atomic mass is 10.0. The van der Waals surface area contributed by atoms with E-state index in [1.165, 1.54) is 6.07 Å². The maximum absolute atomic E-state index is 12.1. The molecule has 1 N–H and O–H groups in total. The quantitative estimate of drug-likeness (QED) is 0.713. The van der Waals surface area contributed by atoms with Gasteiger partial charge in [0.25, 0.3) is 0 Å². The average Bonchev–Trinajstić information content (AvgIpc) is 2.62. The van der Waals surface area contributed by atoms with E-state index in [1.807, 2.05) is 32.0 Å². The number of rotatable bonds is 4. The number of aryl methyl sites for hydroxylation is 1. The molecule has 1 heterocycles. The van der Waals surface area contributed by atoms with Gasteiger partial charge in [-0.25, -0.2) is 4.79 Å². The maximum Gasteiger partial charge on any atom is 0.354 e. The van der Waals surface area contributed by atoms with E-state index in [4.69, 9.17) is 9.15 Å². The lowest BCUT2D eigenvalue weighted by Gasteiger charge is -2.07. The standard InChI is InChI=1S/C21H17NO4/c1-3-25-20-11-14(6-8-18(20)23)5-7-15-16-10-13(2)4-9-19(16)26-21(24)17(15)12-22/h4-11,23H,3H2,1-2H3/b7-5+. The highest BCUT2D eigenvalue weighted by atomic mass is 16.5. The van der Waals surface area contributed by atoms with Crippen LogP contribution in [0.25, 0.3) is 23.1 Å². The molecule has 2 aromatic carbocycles. The Kier molecular flexibility index (Phi) is 4.76. The molecule has 0 aliphatic carbocycles. The number of aromatic hydroxyl groups is 1. The molecule has 130 valence electrons. The van der Waals surface area contributed by atoms with Crippen LogP contribution in [0.4, 0.5) is 0 Å². The van der Waals surface area contributed by atoms with Gasteiger partial charge in [-0.05, 0) is 43.7 Å². The van der Waals surface area contributed by atoms with Crippen LogP contribution in [-0.4, -0.2) is 11.7 Å². The van der Waals surface area contributed by atoms with Crippen LogP contribution in [0.5, 0.6) is 11.5 Å². The fourth-order valence-corrected chi connectivity index (χ4v) is 2.70. The first-order chi connectivity index (χ1) is 12.5. The Morgan fingerprint density at radius 1 is 1.23 bits per heavy atom. The largest absolute Gasteiger partial charge is 0.504 e. The van der Waals surface area contributed by atoms with Gasteiger partial charge < -0.3 is 14.3 Å². The predicted molar refractivity (Wildman–Crippen MR) is 100 cm³/mol. The second kappa shape index (κ2) is 7.16. The average molecular weight is 347 g/mol. The summed E-state index contributed by atoms with van der Waals surface area (Å²) in [5.41, 5.74) is 2.00. The van der Waals surface area contributed by atoms with Gasteiger partial charge in [-0.3, -0.25) is 0 Å². The monoisotopic (exact) mass is 347 g/mol. The third-order valence-electron chi connectivity index (χ3n) is 3.94. The third kappa shape index (κ3) is 3.31. The Hall–Kier alpha value is -3.52. The smallest absolute Gasteiger partial charge is 0.354 e. The highest BCUT2D eigenvalue weighted by molar-refractivity contribution is 5.92. The molecular weight excluding hydrogens is 330 g/mol. The molecule has 5 nitrogen and oxygen atoms in total. The van der Waals surface area contributed by atoms with E-state index < -0.39 is 5.63 Å². The van der Waals surface area contributed by atoms with Gasteiger partial charge in [-0.15, -0.1) is 0 Å². The van der Waals surface area contributed by atoms with Crippen molar-refractivity contribution < 1.29 is 14.3 Å². The number of hydrogen-bond donors (Lipinski definition) is 1. The van der Waals surface area contributed by atoms with Crippen molar-refractivity contribution >= 4 is 23.1 Å². The number of fused-ring (bicyclic) bond motifs is 1. The van der Waals surface area contributed by atoms with E-state index in [2.05, 4.69) is 0 Å². The van der Waals surface area contributed by atoms with Crippen molar-refractivity contribution in [2.24, 2.45) is 0 Å². The summed E-state index contributed by atoms with van der Waals surface area (Å²) in [7, 11) is 0. The molecule has 0 radical (unpaired) electrons. The third-order valence-corrected chi connectivity index (χ3v) is 3.94. The molecule has 0 aliphatic heterocycles. The second-order valence-corrected chi connectivity index (χ2v) is 5.78. The molecule has 26 heavy (non-hydrogen) atoms. The molecule has 1 aromatic heterocycles. The molecule has 0 saturated carbocycles. The molecule has 0 unspecified atom stereocenters. The van der Waals surface area contributed by atoms with E-state index in [1.54, 1.807) is 30.4 Å². The van der Waals surface area contributed by atoms with Crippen molar-refractivity contribution in [1.29, 1.82) is 5.26 Å². The minimum absolute atomic E-state index is 0.0387. The first kappa shape index (κ1) is 17.3. The Morgan fingerprint density at radius 3 is 2.77 bits per heavy atom. The van der Waals surface area contributed by atoms with Gasteiger partial charge in [-0.1, -0.05) is 29.8 Å². The van der Waals surface area contributed by atoms with Gasteiger partial charge in [-0.2, -0.15) is 5.26 Å². The van der Waals surface area contributed by atoms with Gasteiger partial charge in [0.05, 0.1) is 6.61 Å². The number of nitriles is 1. The zero-order valence-corrected chi connectivity index (χ0v) is 14.4. The van der Waals surface area contributed by atoms with Crippen molar-refractivity contribution in [1.82, 2.24) is 0 Å². The van der Waals surface area contributed by atoms with Crippen molar-refractivity contribution in [3.63, 3.8) is 0 Å². The normalized spacial score (nSPS) is 11.0. The van der Waals surface area contributed by atoms with E-state index >= 15 is 0 Å². The van der Waals surface area contributed by atoms with Crippen LogP contribution in [0.1, 0.15) is 29.2 Å². The highest BCUT2D eigenvalue weighted by Gasteiger charge is 2.12. The molecule has 3 aromatic rings. The molecule has 0 atom stereocenters. The van der Waals surface area contributed by atoms with Crippen molar-refractivity contribution in [3.8, 4) is 17.6 Å². The molecule has 0 bridgehead atoms. The number of ether oxygens (including phenoxy) is 1. The van der Waals surface area contributed by atoms with Crippen LogP contribution in [0.3, 0.4) is 0 Å². The van der Waals surface area contributed by atoms with Crippen molar-refractivity contribution in [3.05, 3.63) is 69.1 Å². The van der Waals surface area contributed by atoms with Gasteiger partial charge in [0.15, 0.2) is 11.5 Å². The highest BCUT2D eigenvalue weighted by Crippen LogP contribution is 2.28. The van der Waals surface area contributed by atoms with Crippen LogP contribution in [-0.2, 0) is 0 Å². The van der Waals surface area contributed by atoms with Gasteiger partial charge in [0.1, 0.15) is 17.2 Å². The van der Waals surface area contributed by atoms with Gasteiger partial charge >= 0.3 is 5.63 Å². The van der Waals surface area contributed by atoms with Crippen LogP contribution in [0.15, 0.2) is 45.6 Å². The predicted octanol–water partition coefficient (Wildman–Crippen LogP) is 4.25. The molecule has 0 aliphatic rings. The van der Waals surface area contributed by atoms with Crippen LogP contribution in [0, 0.1) is 18.3 Å². The zero-order valence-electron chi connectivity index (χ0n) is 14.4. The second-order valence-electron chi connectivity index (χ2n) is 5.78. The molecule has 0 amide bonds. The molecule has 0 saturated heterocycles. The zero-order chi connectivity index (χ0) is 18.7. The van der Waals surface area contributed by atoms with Crippen LogP contribution < -0.4 is 10.4 Å². The molecule has 3 rings (SSSR count). The summed E-state index contributed by atoms with van der Waals surface area (Å²) in [4.78, 5) is 12.1. The van der Waals surface area contributed by atoms with Crippen molar-refractivity contribution in [2.45, 2.75) is 13.8 Å². The number of phenols is 1. The summed E-state index contributed by atoms with van der Waals surface area (Å²) in [6.07, 6.45) is 3.47. The SMILES string of the molecule is CCOc1cc(/C=C/c2c(C#N)c(=O)oc3ccc(C)cc23)ccc1O. The van der Waals surface area contributed by atoms with Gasteiger partial charge in [0, 0.05) is 10.9 Å². The summed E-state index contributed by atoms with van der Waals surface area (Å²) in [5.74, 6) is 0.437. The summed E-state index contributed by atoms with van der Waals surface area (Å²) < 4.78 is 10.6. The first-order valence-electron chi connectivity index (χ1n) is 8.15. The van der Waals surface area contributed by atoms with Crippen molar-refractivity contribution in [2.75, 3.05) is 6.61 Å². The fourth-order valence-electron chi connectivity index (χ4n) is 2.70. The summed E-state index contributed by atoms with van der Waals surface area (Å²) in [5, 5.41) is 19.9. The maximum atomic E-state index is 12.1. The topological polar surface area (TPSA) is 83.5 Å². The number of hydrogen-bond acceptors (Lipinski definition) is 5. The molecular formula is C21H17NO4. The Balaban J connectivity index is 2.15. The number of nitrogens with zero attached hydrogens (tertiary/aromatic N) is 1. The summed E-state index contributed by atoms with van der Waals surface area (Å²) in [6, 6.07) is 12.3. The van der Waals surface area contributed by atoms with E-state index in [0.717, 1.165) is 11.1 Å². The van der Waals surface area contributed by atoms with Crippen LogP contribution in [0.2, 0.25) is 0 Å². The lowest BCUT2D eigenvalue weighted by Crippen LogP contribution is -2.06. The Morgan fingerprint density at radius 2 is 2.04 bits per heavy atom. The van der Waals surface area contributed by atoms with Gasteiger partial charge in [0.2, 0.25) is 0 Å². The number of benzene rings is 2. The minimum atomic E-state index is -0.663. The van der Waals surface area contributed by atoms with E-state index in [-0.39, 0.29) is 11.3 Å². The number of phenolic OH excluding ortho intramolecular Hbond substituents is 1. The van der Waals surface area contributed by atoms with E-state index in [9.17, 15) is 15.2 Å². The molecule has 5 heteroatoms. The molecule has 0 spiro atoms. The minimum Gasteiger partial charge on any atom is -0.504 e. The summed E-state index contributed by atoms with van der Waals surface area (Å²) >= 11 is 0. The van der Waals surface area contributed by atoms with E-state index in [0.29, 0.717) is 28.9 Å². The summed E-state index contributed by atoms with van der Waals surface area (Å²) in [6.45, 7) is 4.19. The lowest BCUT2D eigenvalue weighted by molar-refractivity contribution is 0.318. The van der Waals surface area contributed by atoms with Crippen LogP contribution >= 0.6 is 0 Å². The Bertz CT molecular complexity index is 1100. The Labute approximate surface area is 150 Å².